The van der Waals surface area contributed by atoms with Gasteiger partial charge < -0.3 is 10.1 Å². The standard InChI is InChI=1S/C15H16ClN3O4/c1-9(10-3-2-4-11(16)7-10)17-14(21)8-23-15(22)12-5-6-13(20)19-18-12/h2-4,7,9H,5-6,8H2,1H3,(H,17,21)(H,19,20)/t9-/m0/s1. The van der Waals surface area contributed by atoms with Gasteiger partial charge in [-0.1, -0.05) is 23.7 Å². The van der Waals surface area contributed by atoms with E-state index in [1.54, 1.807) is 25.1 Å². The van der Waals surface area contributed by atoms with Crippen molar-refractivity contribution >= 4 is 35.1 Å². The van der Waals surface area contributed by atoms with Crippen molar-refractivity contribution in [2.24, 2.45) is 5.10 Å². The molecule has 0 aliphatic carbocycles. The Morgan fingerprint density at radius 1 is 1.43 bits per heavy atom. The highest BCUT2D eigenvalue weighted by molar-refractivity contribution is 6.37. The first-order valence-electron chi connectivity index (χ1n) is 7.03. The van der Waals surface area contributed by atoms with E-state index in [2.05, 4.69) is 15.8 Å². The third-order valence-corrected chi connectivity index (χ3v) is 3.44. The second-order valence-corrected chi connectivity index (χ2v) is 5.45. The fourth-order valence-electron chi connectivity index (χ4n) is 1.98. The zero-order valence-corrected chi connectivity index (χ0v) is 13.2. The lowest BCUT2D eigenvalue weighted by Crippen LogP contribution is -2.34. The molecule has 2 rings (SSSR count). The summed E-state index contributed by atoms with van der Waals surface area (Å²) in [5, 5.41) is 6.88. The fourth-order valence-corrected chi connectivity index (χ4v) is 2.18. The molecule has 0 saturated heterocycles. The summed E-state index contributed by atoms with van der Waals surface area (Å²) in [6.07, 6.45) is 0.372. The fraction of sp³-hybridized carbons (Fsp3) is 0.333. The SMILES string of the molecule is C[C@H](NC(=O)COC(=O)C1=NNC(=O)CC1)c1cccc(Cl)c1. The van der Waals surface area contributed by atoms with E-state index < -0.39 is 18.5 Å². The highest BCUT2D eigenvalue weighted by atomic mass is 35.5. The van der Waals surface area contributed by atoms with E-state index in [0.29, 0.717) is 5.02 Å². The van der Waals surface area contributed by atoms with Gasteiger partial charge in [0.25, 0.3) is 5.91 Å². The number of hydrogen-bond donors (Lipinski definition) is 2. The third-order valence-electron chi connectivity index (χ3n) is 3.20. The number of nitrogens with zero attached hydrogens (tertiary/aromatic N) is 1. The van der Waals surface area contributed by atoms with Crippen LogP contribution in [0, 0.1) is 0 Å². The summed E-state index contributed by atoms with van der Waals surface area (Å²) in [4.78, 5) is 34.5. The number of rotatable bonds is 5. The van der Waals surface area contributed by atoms with Crippen molar-refractivity contribution in [2.75, 3.05) is 6.61 Å². The molecule has 1 aromatic carbocycles. The number of amides is 2. The zero-order chi connectivity index (χ0) is 16.8. The number of esters is 1. The van der Waals surface area contributed by atoms with E-state index in [0.717, 1.165) is 5.56 Å². The molecule has 23 heavy (non-hydrogen) atoms. The molecule has 1 aromatic rings. The van der Waals surface area contributed by atoms with Crippen LogP contribution in [-0.2, 0) is 19.1 Å². The lowest BCUT2D eigenvalue weighted by atomic mass is 10.1. The van der Waals surface area contributed by atoms with Gasteiger partial charge in [0.15, 0.2) is 6.61 Å². The Balaban J connectivity index is 1.81. The van der Waals surface area contributed by atoms with Gasteiger partial charge in [-0.15, -0.1) is 0 Å². The number of carbonyl (C=O) groups is 3. The first-order valence-corrected chi connectivity index (χ1v) is 7.41. The summed E-state index contributed by atoms with van der Waals surface area (Å²) in [6, 6.07) is 6.84. The Morgan fingerprint density at radius 2 is 2.22 bits per heavy atom. The summed E-state index contributed by atoms with van der Waals surface area (Å²) in [5.41, 5.74) is 3.14. The molecule has 1 atom stereocenters. The molecular weight excluding hydrogens is 322 g/mol. The molecule has 122 valence electrons. The largest absolute Gasteiger partial charge is 0.451 e. The maximum absolute atomic E-state index is 11.8. The molecule has 8 heteroatoms. The molecule has 1 aliphatic heterocycles. The quantitative estimate of drug-likeness (QED) is 0.792. The normalized spacial score (nSPS) is 15.2. The van der Waals surface area contributed by atoms with Crippen molar-refractivity contribution < 1.29 is 19.1 Å². The minimum atomic E-state index is -0.712. The average molecular weight is 338 g/mol. The molecule has 0 unspecified atom stereocenters. The molecule has 1 aliphatic rings. The molecule has 0 aromatic heterocycles. The Bertz CT molecular complexity index is 660. The Hall–Kier alpha value is -2.41. The Labute approximate surface area is 138 Å². The second kappa shape index (κ2) is 7.73. The van der Waals surface area contributed by atoms with Crippen LogP contribution in [0.2, 0.25) is 5.02 Å². The number of halogens is 1. The van der Waals surface area contributed by atoms with Gasteiger partial charge in [0.05, 0.1) is 6.04 Å². The number of benzene rings is 1. The van der Waals surface area contributed by atoms with Crippen molar-refractivity contribution in [3.05, 3.63) is 34.9 Å². The minimum Gasteiger partial charge on any atom is -0.451 e. The summed E-state index contributed by atoms with van der Waals surface area (Å²) in [5.74, 6) is -1.41. The molecule has 2 N–H and O–H groups in total. The van der Waals surface area contributed by atoms with Crippen molar-refractivity contribution in [3.8, 4) is 0 Å². The summed E-state index contributed by atoms with van der Waals surface area (Å²) in [7, 11) is 0. The number of ether oxygens (including phenoxy) is 1. The first kappa shape index (κ1) is 17.0. The maximum Gasteiger partial charge on any atom is 0.355 e. The summed E-state index contributed by atoms with van der Waals surface area (Å²) in [6.45, 7) is 1.38. The van der Waals surface area contributed by atoms with Crippen molar-refractivity contribution in [2.45, 2.75) is 25.8 Å². The van der Waals surface area contributed by atoms with Crippen LogP contribution >= 0.6 is 11.6 Å². The number of hydrazone groups is 1. The molecule has 2 amide bonds. The average Bonchev–Trinajstić information content (AvgIpc) is 2.53. The van der Waals surface area contributed by atoms with E-state index in [4.69, 9.17) is 16.3 Å². The Morgan fingerprint density at radius 3 is 2.87 bits per heavy atom. The number of carbonyl (C=O) groups excluding carboxylic acids is 3. The van der Waals surface area contributed by atoms with Crippen LogP contribution in [0.25, 0.3) is 0 Å². The van der Waals surface area contributed by atoms with Crippen LogP contribution in [0.15, 0.2) is 29.4 Å². The monoisotopic (exact) mass is 337 g/mol. The summed E-state index contributed by atoms with van der Waals surface area (Å²) < 4.78 is 4.88. The van der Waals surface area contributed by atoms with Gasteiger partial charge >= 0.3 is 5.97 Å². The van der Waals surface area contributed by atoms with Gasteiger partial charge in [0.2, 0.25) is 5.91 Å². The van der Waals surface area contributed by atoms with Gasteiger partial charge in [0.1, 0.15) is 5.71 Å². The lowest BCUT2D eigenvalue weighted by molar-refractivity contribution is -0.142. The smallest absolute Gasteiger partial charge is 0.355 e. The highest BCUT2D eigenvalue weighted by Gasteiger charge is 2.20. The molecule has 0 radical (unpaired) electrons. The van der Waals surface area contributed by atoms with E-state index in [-0.39, 0.29) is 30.5 Å². The van der Waals surface area contributed by atoms with Crippen LogP contribution in [-0.4, -0.2) is 30.1 Å². The molecular formula is C15H16ClN3O4. The van der Waals surface area contributed by atoms with Gasteiger partial charge in [-0.25, -0.2) is 10.2 Å². The minimum absolute atomic E-state index is 0.0975. The van der Waals surface area contributed by atoms with E-state index in [1.807, 2.05) is 6.07 Å². The van der Waals surface area contributed by atoms with E-state index >= 15 is 0 Å². The van der Waals surface area contributed by atoms with Crippen molar-refractivity contribution in [1.29, 1.82) is 0 Å². The van der Waals surface area contributed by atoms with E-state index in [1.165, 1.54) is 0 Å². The third kappa shape index (κ3) is 5.07. The van der Waals surface area contributed by atoms with Crippen LogP contribution in [0.5, 0.6) is 0 Å². The van der Waals surface area contributed by atoms with Crippen molar-refractivity contribution in [3.63, 3.8) is 0 Å². The zero-order valence-electron chi connectivity index (χ0n) is 12.5. The summed E-state index contributed by atoms with van der Waals surface area (Å²) >= 11 is 5.90. The number of nitrogens with one attached hydrogen (secondary N) is 2. The molecule has 0 bridgehead atoms. The highest BCUT2D eigenvalue weighted by Crippen LogP contribution is 2.17. The lowest BCUT2D eigenvalue weighted by Gasteiger charge is -2.15. The molecule has 0 saturated carbocycles. The first-order chi connectivity index (χ1) is 11.0. The van der Waals surface area contributed by atoms with Crippen LogP contribution in [0.4, 0.5) is 0 Å². The van der Waals surface area contributed by atoms with Crippen LogP contribution in [0.3, 0.4) is 0 Å². The molecule has 0 fully saturated rings. The molecule has 1 heterocycles. The predicted molar refractivity (Wildman–Crippen MR) is 83.8 cm³/mol. The maximum atomic E-state index is 11.8. The van der Waals surface area contributed by atoms with Gasteiger partial charge in [-0.05, 0) is 24.6 Å². The van der Waals surface area contributed by atoms with E-state index in [9.17, 15) is 14.4 Å². The Kier molecular flexibility index (Phi) is 5.70. The van der Waals surface area contributed by atoms with Gasteiger partial charge in [0, 0.05) is 17.9 Å². The van der Waals surface area contributed by atoms with Gasteiger partial charge in [-0.2, -0.15) is 5.10 Å². The van der Waals surface area contributed by atoms with Crippen LogP contribution in [0.1, 0.15) is 31.4 Å². The molecule has 0 spiro atoms. The van der Waals surface area contributed by atoms with Crippen molar-refractivity contribution in [1.82, 2.24) is 10.7 Å². The topological polar surface area (TPSA) is 96.9 Å². The second-order valence-electron chi connectivity index (χ2n) is 5.01. The van der Waals surface area contributed by atoms with Gasteiger partial charge in [-0.3, -0.25) is 9.59 Å². The van der Waals surface area contributed by atoms with Crippen LogP contribution < -0.4 is 10.7 Å². The molecule has 7 nitrogen and oxygen atoms in total. The number of hydrogen-bond acceptors (Lipinski definition) is 5. The predicted octanol–water partition coefficient (Wildman–Crippen LogP) is 1.33.